The molecule has 2 N–H and O–H groups in total. The van der Waals surface area contributed by atoms with E-state index in [9.17, 15) is 9.32 Å². The van der Waals surface area contributed by atoms with Crippen molar-refractivity contribution in [2.75, 3.05) is 29.9 Å². The van der Waals surface area contributed by atoms with E-state index in [4.69, 9.17) is 21.6 Å². The van der Waals surface area contributed by atoms with Crippen LogP contribution >= 0.6 is 11.6 Å². The lowest BCUT2D eigenvalue weighted by Gasteiger charge is -2.41. The van der Waals surface area contributed by atoms with E-state index >= 15 is 0 Å². The third-order valence-electron chi connectivity index (χ3n) is 7.93. The van der Waals surface area contributed by atoms with Crippen molar-refractivity contribution in [1.82, 2.24) is 9.97 Å². The fourth-order valence-electron chi connectivity index (χ4n) is 5.82. The van der Waals surface area contributed by atoms with Crippen molar-refractivity contribution in [2.45, 2.75) is 60.6 Å². The molecule has 0 spiro atoms. The SMILES string of the molecule is CC1(C)Cc2nc(N3CC4C(C3)C4c3ccc(Cl)cc3)nc(NC3(CO)CCC3)c2S1=O. The Kier molecular flexibility index (Phi) is 4.66. The molecule has 0 amide bonds. The van der Waals surface area contributed by atoms with Crippen LogP contribution in [0.3, 0.4) is 0 Å². The van der Waals surface area contributed by atoms with Crippen molar-refractivity contribution in [3.63, 3.8) is 0 Å². The van der Waals surface area contributed by atoms with Crippen molar-refractivity contribution in [1.29, 1.82) is 0 Å². The summed E-state index contributed by atoms with van der Waals surface area (Å²) in [4.78, 5) is 12.8. The van der Waals surface area contributed by atoms with Gasteiger partial charge in [-0.1, -0.05) is 23.7 Å². The van der Waals surface area contributed by atoms with Crippen LogP contribution in [0.4, 0.5) is 11.8 Å². The predicted octanol–water partition coefficient (Wildman–Crippen LogP) is 3.75. The molecule has 3 heterocycles. The number of rotatable bonds is 5. The van der Waals surface area contributed by atoms with Crippen LogP contribution in [0.2, 0.25) is 5.02 Å². The Bertz CT molecular complexity index is 1080. The fourth-order valence-corrected chi connectivity index (χ4v) is 7.37. The van der Waals surface area contributed by atoms with Gasteiger partial charge in [-0.2, -0.15) is 4.98 Å². The summed E-state index contributed by atoms with van der Waals surface area (Å²) < 4.78 is 12.9. The molecule has 2 aliphatic heterocycles. The maximum absolute atomic E-state index is 13.2. The molecule has 6 nitrogen and oxygen atoms in total. The van der Waals surface area contributed by atoms with E-state index in [1.54, 1.807) is 0 Å². The van der Waals surface area contributed by atoms with Gasteiger partial charge in [0.2, 0.25) is 5.95 Å². The molecule has 2 aromatic rings. The highest BCUT2D eigenvalue weighted by Gasteiger charge is 2.57. The van der Waals surface area contributed by atoms with Crippen LogP contribution in [0.1, 0.15) is 50.3 Å². The smallest absolute Gasteiger partial charge is 0.227 e. The van der Waals surface area contributed by atoms with Crippen LogP contribution < -0.4 is 10.2 Å². The second kappa shape index (κ2) is 7.15. The average Bonchev–Trinajstić information content (AvgIpc) is 3.11. The van der Waals surface area contributed by atoms with Crippen molar-refractivity contribution in [3.05, 3.63) is 40.5 Å². The first kappa shape index (κ1) is 20.9. The van der Waals surface area contributed by atoms with E-state index in [1.165, 1.54) is 5.56 Å². The third kappa shape index (κ3) is 3.19. The van der Waals surface area contributed by atoms with Gasteiger partial charge in [0.25, 0.3) is 0 Å². The van der Waals surface area contributed by atoms with E-state index in [1.807, 2.05) is 26.0 Å². The zero-order chi connectivity index (χ0) is 22.3. The van der Waals surface area contributed by atoms with Gasteiger partial charge in [-0.15, -0.1) is 0 Å². The molecule has 4 aliphatic rings. The molecule has 3 unspecified atom stereocenters. The Morgan fingerprint density at radius 3 is 2.47 bits per heavy atom. The summed E-state index contributed by atoms with van der Waals surface area (Å²) in [5.74, 6) is 3.22. The molecule has 170 valence electrons. The summed E-state index contributed by atoms with van der Waals surface area (Å²) in [6.07, 6.45) is 3.58. The normalized spacial score (nSPS) is 31.1. The van der Waals surface area contributed by atoms with Crippen LogP contribution in [0.5, 0.6) is 0 Å². The van der Waals surface area contributed by atoms with Crippen molar-refractivity contribution in [3.8, 4) is 0 Å². The minimum Gasteiger partial charge on any atom is -0.394 e. The Hall–Kier alpha value is -1.70. The lowest BCUT2D eigenvalue weighted by Crippen LogP contribution is -2.48. The zero-order valence-electron chi connectivity index (χ0n) is 18.5. The molecule has 3 atom stereocenters. The first-order valence-electron chi connectivity index (χ1n) is 11.5. The summed E-state index contributed by atoms with van der Waals surface area (Å²) in [6.45, 7) is 6.00. The van der Waals surface area contributed by atoms with Crippen molar-refractivity contribution < 1.29 is 9.32 Å². The van der Waals surface area contributed by atoms with E-state index < -0.39 is 10.8 Å². The van der Waals surface area contributed by atoms with Gasteiger partial charge in [0.15, 0.2) is 0 Å². The zero-order valence-corrected chi connectivity index (χ0v) is 20.0. The number of aliphatic hydroxyl groups excluding tert-OH is 1. The Morgan fingerprint density at radius 2 is 1.88 bits per heavy atom. The third-order valence-corrected chi connectivity index (χ3v) is 10.1. The van der Waals surface area contributed by atoms with Crippen LogP contribution in [0, 0.1) is 11.8 Å². The number of hydrogen-bond acceptors (Lipinski definition) is 6. The summed E-state index contributed by atoms with van der Waals surface area (Å²) in [6, 6.07) is 8.25. The number of halogens is 1. The molecule has 1 aromatic heterocycles. The number of nitrogens with one attached hydrogen (secondary N) is 1. The molecular formula is C24H29ClN4O2S. The lowest BCUT2D eigenvalue weighted by atomic mass is 9.77. The highest BCUT2D eigenvalue weighted by Crippen LogP contribution is 2.58. The average molecular weight is 473 g/mol. The van der Waals surface area contributed by atoms with Crippen LogP contribution in [-0.4, -0.2) is 49.3 Å². The summed E-state index contributed by atoms with van der Waals surface area (Å²) in [7, 11) is -1.17. The molecule has 32 heavy (non-hydrogen) atoms. The van der Waals surface area contributed by atoms with Gasteiger partial charge >= 0.3 is 0 Å². The Labute approximate surface area is 196 Å². The second-order valence-corrected chi connectivity index (χ2v) is 13.1. The highest BCUT2D eigenvalue weighted by molar-refractivity contribution is 7.87. The maximum atomic E-state index is 13.2. The fraction of sp³-hybridized carbons (Fsp3) is 0.583. The lowest BCUT2D eigenvalue weighted by molar-refractivity contribution is 0.143. The number of aliphatic hydroxyl groups is 1. The quantitative estimate of drug-likeness (QED) is 0.690. The summed E-state index contributed by atoms with van der Waals surface area (Å²) in [5.41, 5.74) is 1.92. The number of hydrogen-bond donors (Lipinski definition) is 2. The second-order valence-electron chi connectivity index (χ2n) is 10.6. The van der Waals surface area contributed by atoms with Crippen molar-refractivity contribution >= 4 is 34.2 Å². The largest absolute Gasteiger partial charge is 0.394 e. The van der Waals surface area contributed by atoms with E-state index in [0.717, 1.165) is 53.9 Å². The number of aromatic nitrogens is 2. The molecule has 6 rings (SSSR count). The molecule has 3 fully saturated rings. The van der Waals surface area contributed by atoms with Gasteiger partial charge < -0.3 is 15.3 Å². The number of fused-ring (bicyclic) bond motifs is 2. The van der Waals surface area contributed by atoms with Gasteiger partial charge in [-0.25, -0.2) is 4.98 Å². The molecule has 1 saturated heterocycles. The van der Waals surface area contributed by atoms with Crippen LogP contribution in [0.15, 0.2) is 29.2 Å². The first-order chi connectivity index (χ1) is 15.3. The minimum absolute atomic E-state index is 0.0633. The predicted molar refractivity (Wildman–Crippen MR) is 127 cm³/mol. The molecule has 2 saturated carbocycles. The standard InChI is InChI=1S/C24H29ClN4O2S/c1-23(2)10-18-20(32(23)31)21(28-24(13-30)8-3-9-24)27-22(26-18)29-11-16-17(12-29)19(16)14-4-6-15(25)7-5-14/h4-7,16-17,19,30H,3,8-13H2,1-2H3,(H,26,27,28). The number of benzene rings is 1. The van der Waals surface area contributed by atoms with Crippen LogP contribution in [-0.2, 0) is 17.2 Å². The molecule has 2 aliphatic carbocycles. The van der Waals surface area contributed by atoms with E-state index in [-0.39, 0.29) is 16.9 Å². The maximum Gasteiger partial charge on any atom is 0.227 e. The number of piperidine rings is 1. The van der Waals surface area contributed by atoms with E-state index in [2.05, 4.69) is 22.3 Å². The molecule has 8 heteroatoms. The van der Waals surface area contributed by atoms with Crippen molar-refractivity contribution in [2.24, 2.45) is 11.8 Å². The van der Waals surface area contributed by atoms with Crippen LogP contribution in [0.25, 0.3) is 0 Å². The minimum atomic E-state index is -1.17. The monoisotopic (exact) mass is 472 g/mol. The van der Waals surface area contributed by atoms with Gasteiger partial charge in [0, 0.05) is 24.5 Å². The molecule has 0 radical (unpaired) electrons. The topological polar surface area (TPSA) is 78.3 Å². The number of anilines is 2. The Morgan fingerprint density at radius 1 is 1.19 bits per heavy atom. The van der Waals surface area contributed by atoms with Gasteiger partial charge in [-0.05, 0) is 68.6 Å². The molecule has 0 bridgehead atoms. The summed E-state index contributed by atoms with van der Waals surface area (Å²) in [5, 5.41) is 14.3. The van der Waals surface area contributed by atoms with Gasteiger partial charge in [0.1, 0.15) is 10.7 Å². The van der Waals surface area contributed by atoms with Gasteiger partial charge in [0.05, 0.1) is 33.4 Å². The molecule has 1 aromatic carbocycles. The first-order valence-corrected chi connectivity index (χ1v) is 13.1. The molecular weight excluding hydrogens is 444 g/mol. The summed E-state index contributed by atoms with van der Waals surface area (Å²) >= 11 is 6.05. The number of nitrogens with zero attached hydrogens (tertiary/aromatic N) is 3. The highest BCUT2D eigenvalue weighted by atomic mass is 35.5. The van der Waals surface area contributed by atoms with E-state index in [0.29, 0.717) is 30.0 Å². The van der Waals surface area contributed by atoms with Gasteiger partial charge in [-0.3, -0.25) is 4.21 Å². The Balaban J connectivity index is 1.28.